The fourth-order valence-electron chi connectivity index (χ4n) is 3.94. The minimum absolute atomic E-state index is 0.950. The van der Waals surface area contributed by atoms with Gasteiger partial charge in [0.1, 0.15) is 0 Å². The van der Waals surface area contributed by atoms with Crippen molar-refractivity contribution in [1.29, 1.82) is 0 Å². The van der Waals surface area contributed by atoms with Crippen molar-refractivity contribution in [3.05, 3.63) is 78.6 Å². The number of nitrogens with one attached hydrogen (secondary N) is 1. The molecule has 0 fully saturated rings. The molecule has 0 amide bonds. The molecule has 0 saturated carbocycles. The molecule has 4 heteroatoms. The van der Waals surface area contributed by atoms with Crippen LogP contribution in [-0.2, 0) is 6.54 Å². The van der Waals surface area contributed by atoms with Crippen molar-refractivity contribution in [2.45, 2.75) is 6.54 Å². The first-order chi connectivity index (χ1) is 13.3. The van der Waals surface area contributed by atoms with Gasteiger partial charge in [0.15, 0.2) is 0 Å². The van der Waals surface area contributed by atoms with Crippen molar-refractivity contribution < 1.29 is 0 Å². The Hall–Kier alpha value is -3.11. The summed E-state index contributed by atoms with van der Waals surface area (Å²) in [7, 11) is 2.19. The van der Waals surface area contributed by atoms with Gasteiger partial charge < -0.3 is 9.80 Å². The summed E-state index contributed by atoms with van der Waals surface area (Å²) in [6, 6.07) is 22.1. The normalized spacial score (nSPS) is 14.9. The molecule has 0 aliphatic carbocycles. The number of likely N-dealkylation sites (N-methyl/N-ethyl adjacent to an activating group) is 1. The smallest absolute Gasteiger partial charge is 0.0565 e. The molecule has 4 nitrogen and oxygen atoms in total. The highest BCUT2D eigenvalue weighted by atomic mass is 15.2. The van der Waals surface area contributed by atoms with E-state index in [9.17, 15) is 0 Å². The number of aromatic nitrogens is 2. The van der Waals surface area contributed by atoms with Crippen LogP contribution < -0.4 is 4.90 Å². The standard InChI is InChI=1S/C23H22N4/c1-26-10-11-27(22-8-6-17-4-2-3-5-18(17)13-22)23-9-7-19(12-20(23)16-26)21-14-24-25-15-21/h2-9,12-15H,10-11,16H2,1H3,(H,24,25). The molecule has 3 aromatic carbocycles. The first kappa shape index (κ1) is 16.1. The number of anilines is 2. The Morgan fingerprint density at radius 3 is 2.63 bits per heavy atom. The van der Waals surface area contributed by atoms with Crippen molar-refractivity contribution in [3.8, 4) is 11.1 Å². The monoisotopic (exact) mass is 354 g/mol. The van der Waals surface area contributed by atoms with Crippen LogP contribution in [0.15, 0.2) is 73.1 Å². The fraction of sp³-hybridized carbons (Fsp3) is 0.174. The summed E-state index contributed by atoms with van der Waals surface area (Å²) in [5.74, 6) is 0. The van der Waals surface area contributed by atoms with Crippen LogP contribution in [0.3, 0.4) is 0 Å². The number of hydrogen-bond donors (Lipinski definition) is 1. The molecule has 0 unspecified atom stereocenters. The molecule has 5 rings (SSSR count). The van der Waals surface area contributed by atoms with Crippen molar-refractivity contribution >= 4 is 22.1 Å². The Labute approximate surface area is 159 Å². The molecule has 4 aromatic rings. The molecule has 1 aliphatic heterocycles. The van der Waals surface area contributed by atoms with E-state index in [1.54, 1.807) is 0 Å². The number of rotatable bonds is 2. The van der Waals surface area contributed by atoms with Crippen LogP contribution in [0.2, 0.25) is 0 Å². The van der Waals surface area contributed by atoms with E-state index >= 15 is 0 Å². The van der Waals surface area contributed by atoms with Gasteiger partial charge in [0.05, 0.1) is 6.20 Å². The Balaban J connectivity index is 1.61. The van der Waals surface area contributed by atoms with Gasteiger partial charge in [-0.3, -0.25) is 5.10 Å². The second kappa shape index (κ2) is 6.56. The molecule has 2 heterocycles. The molecule has 0 radical (unpaired) electrons. The summed E-state index contributed by atoms with van der Waals surface area (Å²) in [6.45, 7) is 2.96. The first-order valence-corrected chi connectivity index (χ1v) is 9.35. The van der Waals surface area contributed by atoms with Crippen molar-refractivity contribution in [2.75, 3.05) is 25.0 Å². The molecule has 0 bridgehead atoms. The zero-order chi connectivity index (χ0) is 18.2. The molecule has 1 aliphatic rings. The number of aromatic amines is 1. The molecular weight excluding hydrogens is 332 g/mol. The van der Waals surface area contributed by atoms with Crippen molar-refractivity contribution in [3.63, 3.8) is 0 Å². The summed E-state index contributed by atoms with van der Waals surface area (Å²) in [6.07, 6.45) is 3.83. The molecule has 1 aromatic heterocycles. The van der Waals surface area contributed by atoms with Crippen LogP contribution in [0.4, 0.5) is 11.4 Å². The summed E-state index contributed by atoms with van der Waals surface area (Å²) >= 11 is 0. The maximum Gasteiger partial charge on any atom is 0.0565 e. The minimum Gasteiger partial charge on any atom is -0.340 e. The van der Waals surface area contributed by atoms with Crippen LogP contribution in [0, 0.1) is 0 Å². The van der Waals surface area contributed by atoms with Gasteiger partial charge in [0.25, 0.3) is 0 Å². The maximum absolute atomic E-state index is 4.09. The van der Waals surface area contributed by atoms with Crippen LogP contribution in [-0.4, -0.2) is 35.2 Å². The Morgan fingerprint density at radius 1 is 0.889 bits per heavy atom. The Morgan fingerprint density at radius 2 is 1.78 bits per heavy atom. The first-order valence-electron chi connectivity index (χ1n) is 9.35. The number of fused-ring (bicyclic) bond motifs is 2. The van der Waals surface area contributed by atoms with Gasteiger partial charge in [-0.15, -0.1) is 0 Å². The van der Waals surface area contributed by atoms with Gasteiger partial charge >= 0.3 is 0 Å². The number of benzene rings is 3. The third-order valence-electron chi connectivity index (χ3n) is 5.39. The van der Waals surface area contributed by atoms with Gasteiger partial charge in [-0.1, -0.05) is 36.4 Å². The van der Waals surface area contributed by atoms with E-state index in [0.29, 0.717) is 0 Å². The molecule has 27 heavy (non-hydrogen) atoms. The molecule has 134 valence electrons. The molecular formula is C23H22N4. The lowest BCUT2D eigenvalue weighted by molar-refractivity contribution is 0.343. The summed E-state index contributed by atoms with van der Waals surface area (Å²) in [5, 5.41) is 9.56. The lowest BCUT2D eigenvalue weighted by Gasteiger charge is -2.25. The van der Waals surface area contributed by atoms with E-state index in [-0.39, 0.29) is 0 Å². The van der Waals surface area contributed by atoms with E-state index < -0.39 is 0 Å². The fourth-order valence-corrected chi connectivity index (χ4v) is 3.94. The number of H-pyrrole nitrogens is 1. The van der Waals surface area contributed by atoms with Gasteiger partial charge in [0, 0.05) is 42.8 Å². The second-order valence-electron chi connectivity index (χ2n) is 7.25. The zero-order valence-electron chi connectivity index (χ0n) is 15.4. The highest BCUT2D eigenvalue weighted by Crippen LogP contribution is 2.35. The minimum atomic E-state index is 0.950. The average Bonchev–Trinajstić information content (AvgIpc) is 3.18. The SMILES string of the molecule is CN1CCN(c2ccc3ccccc3c2)c2ccc(-c3cn[nH]c3)cc2C1. The Kier molecular flexibility index (Phi) is 3.91. The van der Waals surface area contributed by atoms with E-state index in [4.69, 9.17) is 0 Å². The van der Waals surface area contributed by atoms with E-state index in [0.717, 1.165) is 25.2 Å². The molecule has 0 spiro atoms. The molecule has 0 saturated heterocycles. The quantitative estimate of drug-likeness (QED) is 0.561. The highest BCUT2D eigenvalue weighted by molar-refractivity contribution is 5.87. The Bertz CT molecular complexity index is 1080. The average molecular weight is 354 g/mol. The van der Waals surface area contributed by atoms with Gasteiger partial charge in [-0.05, 0) is 53.2 Å². The lowest BCUT2D eigenvalue weighted by atomic mass is 10.0. The summed E-state index contributed by atoms with van der Waals surface area (Å²) < 4.78 is 0. The highest BCUT2D eigenvalue weighted by Gasteiger charge is 2.20. The summed E-state index contributed by atoms with van der Waals surface area (Å²) in [5.41, 5.74) is 6.23. The van der Waals surface area contributed by atoms with Crippen molar-refractivity contribution in [2.24, 2.45) is 0 Å². The van der Waals surface area contributed by atoms with Crippen LogP contribution in [0.25, 0.3) is 21.9 Å². The van der Waals surface area contributed by atoms with E-state index in [2.05, 4.69) is 87.7 Å². The van der Waals surface area contributed by atoms with Gasteiger partial charge in [-0.2, -0.15) is 5.10 Å². The second-order valence-corrected chi connectivity index (χ2v) is 7.25. The number of hydrogen-bond acceptors (Lipinski definition) is 3. The maximum atomic E-state index is 4.09. The van der Waals surface area contributed by atoms with Crippen LogP contribution >= 0.6 is 0 Å². The third kappa shape index (κ3) is 2.98. The van der Waals surface area contributed by atoms with Crippen LogP contribution in [0.1, 0.15) is 5.56 Å². The molecule has 0 atom stereocenters. The largest absolute Gasteiger partial charge is 0.340 e. The van der Waals surface area contributed by atoms with Gasteiger partial charge in [-0.25, -0.2) is 0 Å². The van der Waals surface area contributed by atoms with Crippen LogP contribution in [0.5, 0.6) is 0 Å². The topological polar surface area (TPSA) is 35.2 Å². The predicted octanol–water partition coefficient (Wildman–Crippen LogP) is 4.81. The van der Waals surface area contributed by atoms with Gasteiger partial charge in [0.2, 0.25) is 0 Å². The molecule has 1 N–H and O–H groups in total. The third-order valence-corrected chi connectivity index (χ3v) is 5.39. The summed E-state index contributed by atoms with van der Waals surface area (Å²) in [4.78, 5) is 4.84. The lowest BCUT2D eigenvalue weighted by Crippen LogP contribution is -2.26. The number of nitrogens with zero attached hydrogens (tertiary/aromatic N) is 3. The van der Waals surface area contributed by atoms with E-state index in [1.165, 1.54) is 33.3 Å². The van der Waals surface area contributed by atoms with Crippen molar-refractivity contribution in [1.82, 2.24) is 15.1 Å². The predicted molar refractivity (Wildman–Crippen MR) is 111 cm³/mol. The van der Waals surface area contributed by atoms with E-state index in [1.807, 2.05) is 12.4 Å². The zero-order valence-corrected chi connectivity index (χ0v) is 15.4.